The van der Waals surface area contributed by atoms with Crippen molar-refractivity contribution >= 4 is 0 Å². The molecule has 6 nitrogen and oxygen atoms in total. The molecule has 1 aliphatic rings. The zero-order valence-electron chi connectivity index (χ0n) is 15.3. The maximum Gasteiger partial charge on any atom is 0.416 e. The van der Waals surface area contributed by atoms with Crippen molar-refractivity contribution in [2.75, 3.05) is 0 Å². The van der Waals surface area contributed by atoms with Crippen molar-refractivity contribution in [2.45, 2.75) is 44.8 Å². The van der Waals surface area contributed by atoms with Gasteiger partial charge >= 0.3 is 6.18 Å². The van der Waals surface area contributed by atoms with Crippen LogP contribution in [0.1, 0.15) is 42.5 Å². The Morgan fingerprint density at radius 3 is 2.54 bits per heavy atom. The number of H-pyrrole nitrogens is 1. The van der Waals surface area contributed by atoms with Crippen LogP contribution in [0.5, 0.6) is 0 Å². The van der Waals surface area contributed by atoms with E-state index < -0.39 is 17.2 Å². The lowest BCUT2D eigenvalue weighted by Crippen LogP contribution is -2.33. The van der Waals surface area contributed by atoms with E-state index >= 15 is 0 Å². The van der Waals surface area contributed by atoms with Crippen LogP contribution < -0.4 is 5.56 Å². The Kier molecular flexibility index (Phi) is 4.13. The lowest BCUT2D eigenvalue weighted by Gasteiger charge is -2.34. The first kappa shape index (κ1) is 18.4. The highest BCUT2D eigenvalue weighted by Crippen LogP contribution is 2.41. The number of aromatic nitrogens is 5. The summed E-state index contributed by atoms with van der Waals surface area (Å²) in [6.45, 7) is 4.29. The van der Waals surface area contributed by atoms with Crippen LogP contribution in [0.4, 0.5) is 13.2 Å². The summed E-state index contributed by atoms with van der Waals surface area (Å²) in [5.74, 6) is 1.62. The molecule has 1 aromatic carbocycles. The van der Waals surface area contributed by atoms with Crippen molar-refractivity contribution < 1.29 is 13.2 Å². The van der Waals surface area contributed by atoms with Crippen LogP contribution in [0.2, 0.25) is 0 Å². The minimum Gasteiger partial charge on any atom is -0.311 e. The second-order valence-electron chi connectivity index (χ2n) is 7.23. The Bertz CT molecular complexity index is 1080. The second kappa shape index (κ2) is 6.29. The fraction of sp³-hybridized carbons (Fsp3) is 0.368. The third-order valence-electron chi connectivity index (χ3n) is 5.24. The number of benzene rings is 1. The van der Waals surface area contributed by atoms with Crippen molar-refractivity contribution in [1.29, 1.82) is 0 Å². The molecule has 0 radical (unpaired) electrons. The molecule has 0 bridgehead atoms. The van der Waals surface area contributed by atoms with Crippen LogP contribution in [0.25, 0.3) is 11.5 Å². The fourth-order valence-electron chi connectivity index (χ4n) is 3.81. The molecule has 0 amide bonds. The molecular weight excluding hydrogens is 371 g/mol. The summed E-state index contributed by atoms with van der Waals surface area (Å²) >= 11 is 0. The zero-order valence-corrected chi connectivity index (χ0v) is 15.3. The molecule has 1 aliphatic heterocycles. The predicted molar refractivity (Wildman–Crippen MR) is 95.7 cm³/mol. The highest BCUT2D eigenvalue weighted by atomic mass is 19.4. The van der Waals surface area contributed by atoms with Crippen LogP contribution in [0.15, 0.2) is 35.1 Å². The van der Waals surface area contributed by atoms with Gasteiger partial charge in [0.05, 0.1) is 11.0 Å². The second-order valence-corrected chi connectivity index (χ2v) is 7.23. The summed E-state index contributed by atoms with van der Waals surface area (Å²) in [4.78, 5) is 18.7. The molecule has 0 saturated heterocycles. The molecule has 0 saturated carbocycles. The number of aryl methyl sites for hydroxylation is 1. The molecular formula is C19H18F3N5O. The van der Waals surface area contributed by atoms with E-state index in [4.69, 9.17) is 0 Å². The van der Waals surface area contributed by atoms with Gasteiger partial charge in [0.1, 0.15) is 17.3 Å². The maximum atomic E-state index is 12.9. The van der Waals surface area contributed by atoms with E-state index in [9.17, 15) is 18.0 Å². The van der Waals surface area contributed by atoms with Gasteiger partial charge in [0.15, 0.2) is 5.82 Å². The van der Waals surface area contributed by atoms with Gasteiger partial charge in [-0.3, -0.25) is 4.79 Å². The molecule has 4 rings (SSSR count). The first-order chi connectivity index (χ1) is 13.2. The Balaban J connectivity index is 1.79. The summed E-state index contributed by atoms with van der Waals surface area (Å²) in [5.41, 5.74) is -0.363. The van der Waals surface area contributed by atoms with E-state index in [0.717, 1.165) is 30.5 Å². The highest BCUT2D eigenvalue weighted by Gasteiger charge is 2.39. The highest BCUT2D eigenvalue weighted by molar-refractivity contribution is 5.50. The third-order valence-corrected chi connectivity index (χ3v) is 5.24. The van der Waals surface area contributed by atoms with Crippen molar-refractivity contribution in [2.24, 2.45) is 0 Å². The van der Waals surface area contributed by atoms with E-state index in [1.54, 1.807) is 6.92 Å². The standard InChI is InChI=1S/C19H18F3N5O/c1-11-23-14(10-15(28)24-11)16-25-26-17-18(2,8-3-9-27(16)17)12-4-6-13(7-5-12)19(20,21)22/h4-7,10H,3,8-9H2,1-2H3,(H,23,24,28)/t18-/m0/s1. The van der Waals surface area contributed by atoms with Crippen molar-refractivity contribution in [3.05, 3.63) is 63.5 Å². The van der Waals surface area contributed by atoms with E-state index in [0.29, 0.717) is 29.7 Å². The molecule has 0 fully saturated rings. The van der Waals surface area contributed by atoms with Crippen molar-refractivity contribution in [3.8, 4) is 11.5 Å². The van der Waals surface area contributed by atoms with Crippen molar-refractivity contribution in [3.63, 3.8) is 0 Å². The number of nitrogens with zero attached hydrogens (tertiary/aromatic N) is 4. The number of alkyl halides is 3. The Morgan fingerprint density at radius 1 is 1.18 bits per heavy atom. The molecule has 1 atom stereocenters. The number of aromatic amines is 1. The molecule has 0 aliphatic carbocycles. The number of fused-ring (bicyclic) bond motifs is 1. The average molecular weight is 389 g/mol. The van der Waals surface area contributed by atoms with E-state index in [1.807, 2.05) is 11.5 Å². The lowest BCUT2D eigenvalue weighted by molar-refractivity contribution is -0.137. The molecule has 28 heavy (non-hydrogen) atoms. The van der Waals surface area contributed by atoms with Crippen LogP contribution in [0, 0.1) is 6.92 Å². The number of hydrogen-bond acceptors (Lipinski definition) is 4. The van der Waals surface area contributed by atoms with Crippen LogP contribution in [0.3, 0.4) is 0 Å². The number of hydrogen-bond donors (Lipinski definition) is 1. The van der Waals surface area contributed by atoms with Crippen LogP contribution in [-0.2, 0) is 18.1 Å². The van der Waals surface area contributed by atoms with Gasteiger partial charge in [0.25, 0.3) is 5.56 Å². The monoisotopic (exact) mass is 389 g/mol. The molecule has 3 heterocycles. The van der Waals surface area contributed by atoms with Gasteiger partial charge in [-0.15, -0.1) is 10.2 Å². The normalized spacial score (nSPS) is 19.5. The third kappa shape index (κ3) is 3.00. The summed E-state index contributed by atoms with van der Waals surface area (Å²) in [6.07, 6.45) is -2.83. The summed E-state index contributed by atoms with van der Waals surface area (Å²) in [6, 6.07) is 6.57. The van der Waals surface area contributed by atoms with E-state index in [1.165, 1.54) is 18.2 Å². The topological polar surface area (TPSA) is 76.5 Å². The summed E-state index contributed by atoms with van der Waals surface area (Å²) in [5, 5.41) is 8.58. The lowest BCUT2D eigenvalue weighted by atomic mass is 9.75. The Morgan fingerprint density at radius 2 is 1.89 bits per heavy atom. The largest absolute Gasteiger partial charge is 0.416 e. The van der Waals surface area contributed by atoms with Gasteiger partial charge in [-0.1, -0.05) is 12.1 Å². The molecule has 146 valence electrons. The van der Waals surface area contributed by atoms with Gasteiger partial charge < -0.3 is 9.55 Å². The predicted octanol–water partition coefficient (Wildman–Crippen LogP) is 3.46. The Hall–Kier alpha value is -2.97. The minimum absolute atomic E-state index is 0.277. The number of nitrogens with one attached hydrogen (secondary N) is 1. The average Bonchev–Trinajstić information content (AvgIpc) is 3.06. The SMILES string of the molecule is Cc1nc(-c2nnc3n2CCC[C@@]3(C)c2ccc(C(F)(F)F)cc2)cc(=O)[nH]1. The molecule has 9 heteroatoms. The smallest absolute Gasteiger partial charge is 0.311 e. The van der Waals surface area contributed by atoms with Crippen LogP contribution >= 0.6 is 0 Å². The van der Waals surface area contributed by atoms with Gasteiger partial charge in [0.2, 0.25) is 0 Å². The number of halogens is 3. The Labute approximate surface area is 158 Å². The first-order valence-corrected chi connectivity index (χ1v) is 8.88. The van der Waals surface area contributed by atoms with Crippen molar-refractivity contribution in [1.82, 2.24) is 24.7 Å². The zero-order chi connectivity index (χ0) is 20.1. The molecule has 3 aromatic rings. The first-order valence-electron chi connectivity index (χ1n) is 8.88. The summed E-state index contributed by atoms with van der Waals surface area (Å²) < 4.78 is 40.6. The fourth-order valence-corrected chi connectivity index (χ4v) is 3.81. The van der Waals surface area contributed by atoms with Gasteiger partial charge in [-0.05, 0) is 44.4 Å². The van der Waals surface area contributed by atoms with E-state index in [-0.39, 0.29) is 5.56 Å². The molecule has 1 N–H and O–H groups in total. The maximum absolute atomic E-state index is 12.9. The minimum atomic E-state index is -4.37. The van der Waals surface area contributed by atoms with Gasteiger partial charge in [0, 0.05) is 12.6 Å². The summed E-state index contributed by atoms with van der Waals surface area (Å²) in [7, 11) is 0. The van der Waals surface area contributed by atoms with Crippen LogP contribution in [-0.4, -0.2) is 24.7 Å². The van der Waals surface area contributed by atoms with E-state index in [2.05, 4.69) is 20.2 Å². The molecule has 0 spiro atoms. The molecule has 0 unspecified atom stereocenters. The number of rotatable bonds is 2. The molecule has 2 aromatic heterocycles. The quantitative estimate of drug-likeness (QED) is 0.728. The van der Waals surface area contributed by atoms with Gasteiger partial charge in [-0.25, -0.2) is 4.98 Å². The van der Waals surface area contributed by atoms with Gasteiger partial charge in [-0.2, -0.15) is 13.2 Å².